The highest BCUT2D eigenvalue weighted by Crippen LogP contribution is 2.33. The number of nitrogens with zero attached hydrogens (tertiary/aromatic N) is 9. The maximum absolute atomic E-state index is 13.4. The summed E-state index contributed by atoms with van der Waals surface area (Å²) < 4.78 is 3.22. The van der Waals surface area contributed by atoms with Crippen LogP contribution in [0.2, 0.25) is 0 Å². The second-order valence-electron chi connectivity index (χ2n) is 16.8. The first-order chi connectivity index (χ1) is 29.7. The van der Waals surface area contributed by atoms with Crippen molar-refractivity contribution >= 4 is 51.8 Å². The molecule has 3 N–H and O–H groups in total. The Bertz CT molecular complexity index is 2610. The van der Waals surface area contributed by atoms with E-state index in [9.17, 15) is 24.3 Å². The van der Waals surface area contributed by atoms with Crippen molar-refractivity contribution in [2.24, 2.45) is 5.92 Å². The fourth-order valence-corrected chi connectivity index (χ4v) is 9.72. The second kappa shape index (κ2) is 15.9. The number of hydrogen-bond acceptors (Lipinski definition) is 12. The summed E-state index contributed by atoms with van der Waals surface area (Å²) in [6.45, 7) is 11.4. The zero-order chi connectivity index (χ0) is 41.8. The average Bonchev–Trinajstić information content (AvgIpc) is 3.90. The number of carbonyl (C=O) groups excluding carboxylic acids is 3. The number of fused-ring (bicyclic) bond motifs is 3. The van der Waals surface area contributed by atoms with Crippen molar-refractivity contribution in [3.63, 3.8) is 0 Å². The van der Waals surface area contributed by atoms with Gasteiger partial charge in [-0.1, -0.05) is 12.1 Å². The number of pyridine rings is 1. The van der Waals surface area contributed by atoms with Crippen molar-refractivity contribution < 1.29 is 19.5 Å². The molecule has 5 aromatic rings. The number of imide groups is 1. The number of aliphatic hydroxyl groups excluding tert-OH is 1. The maximum Gasteiger partial charge on any atom is 0.278 e. The molecular formula is C45H49N11O5. The zero-order valence-corrected chi connectivity index (χ0v) is 34.0. The Labute approximate surface area is 352 Å². The predicted molar refractivity (Wildman–Crippen MR) is 230 cm³/mol. The number of anilines is 4. The van der Waals surface area contributed by atoms with Crippen LogP contribution >= 0.6 is 0 Å². The third-order valence-electron chi connectivity index (χ3n) is 13.1. The summed E-state index contributed by atoms with van der Waals surface area (Å²) in [5.41, 5.74) is 6.53. The number of rotatable bonds is 10. The largest absolute Gasteiger partial charge is 0.387 e. The van der Waals surface area contributed by atoms with E-state index in [1.807, 2.05) is 36.4 Å². The first-order valence-corrected chi connectivity index (χ1v) is 21.4. The van der Waals surface area contributed by atoms with E-state index >= 15 is 0 Å². The molecule has 3 amide bonds. The number of aromatic nitrogens is 5. The third-order valence-corrected chi connectivity index (χ3v) is 13.1. The van der Waals surface area contributed by atoms with E-state index < -0.39 is 12.1 Å². The highest BCUT2D eigenvalue weighted by Gasteiger charge is 2.39. The number of aryl methyl sites for hydroxylation is 1. The van der Waals surface area contributed by atoms with Crippen LogP contribution in [-0.2, 0) is 29.1 Å². The van der Waals surface area contributed by atoms with E-state index in [1.165, 1.54) is 10.4 Å². The van der Waals surface area contributed by atoms with Gasteiger partial charge in [0.05, 0.1) is 18.3 Å². The van der Waals surface area contributed by atoms with Crippen LogP contribution in [-0.4, -0.2) is 109 Å². The summed E-state index contributed by atoms with van der Waals surface area (Å²) in [7, 11) is 0. The van der Waals surface area contributed by atoms with Crippen LogP contribution in [0.15, 0.2) is 78.2 Å². The molecule has 0 saturated carbocycles. The number of benzene rings is 2. The van der Waals surface area contributed by atoms with Gasteiger partial charge in [-0.05, 0) is 97.7 Å². The number of amides is 3. The van der Waals surface area contributed by atoms with Gasteiger partial charge >= 0.3 is 0 Å². The molecule has 3 saturated heterocycles. The highest BCUT2D eigenvalue weighted by molar-refractivity contribution is 6.05. The number of nitrogens with one attached hydrogen (secondary N) is 2. The van der Waals surface area contributed by atoms with Crippen molar-refractivity contribution in [1.29, 1.82) is 0 Å². The van der Waals surface area contributed by atoms with Crippen LogP contribution in [0.3, 0.4) is 0 Å². The lowest BCUT2D eigenvalue weighted by atomic mass is 9.95. The summed E-state index contributed by atoms with van der Waals surface area (Å²) in [6.07, 6.45) is 6.84. The van der Waals surface area contributed by atoms with E-state index in [0.29, 0.717) is 59.4 Å². The van der Waals surface area contributed by atoms with Crippen molar-refractivity contribution in [3.8, 4) is 5.82 Å². The molecule has 3 aromatic heterocycles. The van der Waals surface area contributed by atoms with Crippen molar-refractivity contribution in [2.75, 3.05) is 60.9 Å². The number of aliphatic hydroxyl groups is 1. The first kappa shape index (κ1) is 38.8. The van der Waals surface area contributed by atoms with Crippen LogP contribution in [0.1, 0.15) is 65.4 Å². The van der Waals surface area contributed by atoms with E-state index in [0.717, 1.165) is 87.6 Å². The number of allylic oxidation sites excluding steroid dienone is 1. The molecule has 314 valence electrons. The van der Waals surface area contributed by atoms with Crippen LogP contribution in [0, 0.1) is 5.92 Å². The van der Waals surface area contributed by atoms with Gasteiger partial charge in [-0.2, -0.15) is 4.98 Å². The monoisotopic (exact) mass is 823 g/mol. The van der Waals surface area contributed by atoms with Crippen LogP contribution < -0.4 is 26.0 Å². The number of piperidine rings is 2. The Balaban J connectivity index is 0.725. The van der Waals surface area contributed by atoms with Gasteiger partial charge in [-0.25, -0.2) is 19.3 Å². The van der Waals surface area contributed by atoms with Crippen LogP contribution in [0.5, 0.6) is 0 Å². The highest BCUT2D eigenvalue weighted by atomic mass is 16.3. The molecule has 10 rings (SSSR count). The predicted octanol–water partition coefficient (Wildman–Crippen LogP) is 3.69. The van der Waals surface area contributed by atoms with E-state index in [4.69, 9.17) is 9.97 Å². The van der Waals surface area contributed by atoms with Gasteiger partial charge in [0.25, 0.3) is 11.5 Å². The lowest BCUT2D eigenvalue weighted by Crippen LogP contribution is -2.52. The average molecular weight is 824 g/mol. The summed E-state index contributed by atoms with van der Waals surface area (Å²) >= 11 is 0. The second-order valence-corrected chi connectivity index (χ2v) is 16.8. The fourth-order valence-electron chi connectivity index (χ4n) is 9.72. The van der Waals surface area contributed by atoms with Gasteiger partial charge in [0.1, 0.15) is 11.4 Å². The summed E-state index contributed by atoms with van der Waals surface area (Å²) in [6, 6.07) is 17.5. The summed E-state index contributed by atoms with van der Waals surface area (Å²) in [4.78, 5) is 73.7. The quantitative estimate of drug-likeness (QED) is 0.138. The van der Waals surface area contributed by atoms with Crippen molar-refractivity contribution in [1.82, 2.24) is 39.4 Å². The normalized spacial score (nSPS) is 20.9. The van der Waals surface area contributed by atoms with Gasteiger partial charge in [0.2, 0.25) is 17.8 Å². The first-order valence-electron chi connectivity index (χ1n) is 21.4. The molecule has 2 unspecified atom stereocenters. The molecule has 0 bridgehead atoms. The van der Waals surface area contributed by atoms with Crippen LogP contribution in [0.25, 0.3) is 16.9 Å². The molecular weight excluding hydrogens is 775 g/mol. The number of piperazine rings is 1. The topological polar surface area (TPSA) is 174 Å². The fraction of sp³-hybridized carbons (Fsp3) is 0.400. The minimum absolute atomic E-state index is 0.139. The van der Waals surface area contributed by atoms with Gasteiger partial charge < -0.3 is 25.1 Å². The molecule has 2 atom stereocenters. The van der Waals surface area contributed by atoms with E-state index in [2.05, 4.69) is 55.1 Å². The number of carbonyl (C=O) groups is 3. The SMILES string of the molecule is C=CCn1c(=O)c2cnc(Nc3ccc(N4CCC(CN5CCN(c6ccc7c(c6)CN(C6CCC(=O)NC6=O)C7=O)CC5)CC4)cc3)nc2n1-c1ccc2c(n1)C(O)CC2. The molecule has 0 radical (unpaired) electrons. The Morgan fingerprint density at radius 3 is 2.38 bits per heavy atom. The Hall–Kier alpha value is -6.39. The summed E-state index contributed by atoms with van der Waals surface area (Å²) in [5, 5.41) is 16.6. The lowest BCUT2D eigenvalue weighted by molar-refractivity contribution is -0.136. The van der Waals surface area contributed by atoms with Gasteiger partial charge in [-0.15, -0.1) is 6.58 Å². The maximum atomic E-state index is 13.4. The molecule has 3 fully saturated rings. The lowest BCUT2D eigenvalue weighted by Gasteiger charge is -2.40. The smallest absolute Gasteiger partial charge is 0.278 e. The van der Waals surface area contributed by atoms with E-state index in [-0.39, 0.29) is 36.2 Å². The number of hydrogen-bond donors (Lipinski definition) is 3. The molecule has 1 aliphatic carbocycles. The third kappa shape index (κ3) is 7.33. The molecule has 4 aliphatic heterocycles. The molecule has 7 heterocycles. The minimum atomic E-state index is -0.629. The Morgan fingerprint density at radius 1 is 0.836 bits per heavy atom. The molecule has 61 heavy (non-hydrogen) atoms. The van der Waals surface area contributed by atoms with Gasteiger partial charge in [0.15, 0.2) is 11.5 Å². The molecule has 16 heteroatoms. The molecule has 2 aromatic carbocycles. The summed E-state index contributed by atoms with van der Waals surface area (Å²) in [5.74, 6) is 0.690. The minimum Gasteiger partial charge on any atom is -0.387 e. The van der Waals surface area contributed by atoms with Gasteiger partial charge in [0, 0.05) is 87.6 Å². The molecule has 5 aliphatic rings. The molecule has 16 nitrogen and oxygen atoms in total. The molecule has 0 spiro atoms. The van der Waals surface area contributed by atoms with Gasteiger partial charge in [-0.3, -0.25) is 29.4 Å². The Morgan fingerprint density at radius 2 is 1.61 bits per heavy atom. The van der Waals surface area contributed by atoms with Crippen molar-refractivity contribution in [2.45, 2.75) is 63.8 Å². The van der Waals surface area contributed by atoms with Crippen molar-refractivity contribution in [3.05, 3.63) is 106 Å². The Kier molecular flexibility index (Phi) is 10.1. The zero-order valence-electron chi connectivity index (χ0n) is 34.0. The van der Waals surface area contributed by atoms with E-state index in [1.54, 1.807) is 21.9 Å². The van der Waals surface area contributed by atoms with Crippen LogP contribution in [0.4, 0.5) is 23.0 Å². The standard InChI is InChI=1S/C45H49N11O5/c1-2-17-55-44(61)35-25-46-45(50-41(35)56(55)38-13-4-29-3-12-37(57)40(29)48-38)47-31-5-7-32(8-6-31)52-18-15-28(16-19-52)26-51-20-22-53(23-21-51)33-9-10-34-30(24-33)27-54(43(34)60)36-11-14-39(58)49-42(36)59/h2,4-10,13,24-25,28,36-37,57H,1,3,11-12,14-23,26-27H2,(H,46,47,50)(H,49,58,59).